The minimum Gasteiger partial charge on any atom is -0.497 e. The molecule has 0 saturated heterocycles. The van der Waals surface area contributed by atoms with Gasteiger partial charge in [-0.25, -0.2) is 5.10 Å². The van der Waals surface area contributed by atoms with Gasteiger partial charge in [-0.05, 0) is 49.5 Å². The van der Waals surface area contributed by atoms with Crippen LogP contribution in [0.1, 0.15) is 19.3 Å². The van der Waals surface area contributed by atoms with Crippen molar-refractivity contribution < 1.29 is 9.47 Å². The molecule has 6 nitrogen and oxygen atoms in total. The van der Waals surface area contributed by atoms with E-state index in [1.807, 2.05) is 24.4 Å². The molecule has 1 heterocycles. The SMILES string of the molecule is COc1ccc(-c2n[nH]c(=S)n2/N=C\[C@H]2CC=CCC2)c(OC)c1. The van der Waals surface area contributed by atoms with Crippen LogP contribution in [0.25, 0.3) is 11.4 Å². The van der Waals surface area contributed by atoms with Gasteiger partial charge in [-0.3, -0.25) is 0 Å². The number of nitrogens with zero attached hydrogens (tertiary/aromatic N) is 3. The zero-order valence-electron chi connectivity index (χ0n) is 13.7. The summed E-state index contributed by atoms with van der Waals surface area (Å²) < 4.78 is 12.8. The fourth-order valence-electron chi connectivity index (χ4n) is 2.67. The molecular formula is C17H20N4O2S. The zero-order valence-corrected chi connectivity index (χ0v) is 14.5. The summed E-state index contributed by atoms with van der Waals surface area (Å²) >= 11 is 5.32. The number of aromatic nitrogens is 3. The summed E-state index contributed by atoms with van der Waals surface area (Å²) in [6.45, 7) is 0. The van der Waals surface area contributed by atoms with Crippen LogP contribution in [0.2, 0.25) is 0 Å². The molecule has 1 atom stereocenters. The number of ether oxygens (including phenoxy) is 2. The highest BCUT2D eigenvalue weighted by Gasteiger charge is 2.15. The van der Waals surface area contributed by atoms with Crippen molar-refractivity contribution in [2.24, 2.45) is 11.0 Å². The third kappa shape index (κ3) is 3.41. The molecule has 1 aromatic carbocycles. The van der Waals surface area contributed by atoms with Crippen molar-refractivity contribution in [1.29, 1.82) is 0 Å². The second kappa shape index (κ2) is 7.44. The maximum atomic E-state index is 5.46. The Kier molecular flexibility index (Phi) is 5.10. The van der Waals surface area contributed by atoms with Gasteiger partial charge in [0.25, 0.3) is 0 Å². The lowest BCUT2D eigenvalue weighted by molar-refractivity contribution is 0.395. The molecule has 1 aliphatic rings. The van der Waals surface area contributed by atoms with Gasteiger partial charge in [0.2, 0.25) is 4.77 Å². The molecule has 0 fully saturated rings. The number of hydrogen-bond donors (Lipinski definition) is 1. The van der Waals surface area contributed by atoms with Gasteiger partial charge >= 0.3 is 0 Å². The molecule has 0 radical (unpaired) electrons. The van der Waals surface area contributed by atoms with E-state index in [2.05, 4.69) is 27.5 Å². The van der Waals surface area contributed by atoms with E-state index >= 15 is 0 Å². The van der Waals surface area contributed by atoms with Crippen LogP contribution in [-0.2, 0) is 0 Å². The van der Waals surface area contributed by atoms with Crippen molar-refractivity contribution in [3.05, 3.63) is 35.1 Å². The van der Waals surface area contributed by atoms with Crippen LogP contribution in [0.4, 0.5) is 0 Å². The van der Waals surface area contributed by atoms with Crippen molar-refractivity contribution in [3.63, 3.8) is 0 Å². The Morgan fingerprint density at radius 2 is 2.21 bits per heavy atom. The first-order valence-electron chi connectivity index (χ1n) is 7.82. The third-order valence-corrected chi connectivity index (χ3v) is 4.27. The molecule has 0 saturated carbocycles. The second-order valence-corrected chi connectivity index (χ2v) is 5.93. The van der Waals surface area contributed by atoms with E-state index in [1.54, 1.807) is 18.9 Å². The number of H-pyrrole nitrogens is 1. The topological polar surface area (TPSA) is 64.4 Å². The highest BCUT2D eigenvalue weighted by molar-refractivity contribution is 7.71. The number of allylic oxidation sites excluding steroid dienone is 2. The van der Waals surface area contributed by atoms with Crippen LogP contribution in [0.3, 0.4) is 0 Å². The second-order valence-electron chi connectivity index (χ2n) is 5.54. The summed E-state index contributed by atoms with van der Waals surface area (Å²) in [4.78, 5) is 0. The Hall–Kier alpha value is -2.41. The van der Waals surface area contributed by atoms with Crippen LogP contribution < -0.4 is 9.47 Å². The van der Waals surface area contributed by atoms with Crippen LogP contribution in [0, 0.1) is 10.7 Å². The van der Waals surface area contributed by atoms with Crippen molar-refractivity contribution in [3.8, 4) is 22.9 Å². The van der Waals surface area contributed by atoms with Gasteiger partial charge in [0, 0.05) is 12.3 Å². The lowest BCUT2D eigenvalue weighted by atomic mass is 9.96. The lowest BCUT2D eigenvalue weighted by Crippen LogP contribution is -2.06. The maximum absolute atomic E-state index is 5.46. The first kappa shape index (κ1) is 16.4. The highest BCUT2D eigenvalue weighted by atomic mass is 32.1. The first-order chi connectivity index (χ1) is 11.7. The molecule has 1 aromatic heterocycles. The van der Waals surface area contributed by atoms with Gasteiger partial charge in [-0.15, -0.1) is 0 Å². The maximum Gasteiger partial charge on any atom is 0.216 e. The summed E-state index contributed by atoms with van der Waals surface area (Å²) in [5.74, 6) is 2.41. The van der Waals surface area contributed by atoms with E-state index in [-0.39, 0.29) is 0 Å². The van der Waals surface area contributed by atoms with E-state index in [0.717, 1.165) is 24.8 Å². The largest absolute Gasteiger partial charge is 0.497 e. The summed E-state index contributed by atoms with van der Waals surface area (Å²) in [5, 5.41) is 11.7. The molecule has 0 spiro atoms. The Balaban J connectivity index is 1.97. The molecular weight excluding hydrogens is 324 g/mol. The Morgan fingerprint density at radius 3 is 2.92 bits per heavy atom. The molecule has 0 amide bonds. The molecule has 3 rings (SSSR count). The molecule has 1 aliphatic carbocycles. The monoisotopic (exact) mass is 344 g/mol. The predicted molar refractivity (Wildman–Crippen MR) is 96.3 cm³/mol. The molecule has 0 bridgehead atoms. The summed E-state index contributed by atoms with van der Waals surface area (Å²) in [6, 6.07) is 5.56. The molecule has 2 aromatic rings. The van der Waals surface area contributed by atoms with Crippen molar-refractivity contribution in [2.45, 2.75) is 19.3 Å². The summed E-state index contributed by atoms with van der Waals surface area (Å²) in [6.07, 6.45) is 9.56. The van der Waals surface area contributed by atoms with E-state index in [4.69, 9.17) is 21.7 Å². The molecule has 1 N–H and O–H groups in total. The predicted octanol–water partition coefficient (Wildman–Crippen LogP) is 3.82. The summed E-state index contributed by atoms with van der Waals surface area (Å²) in [5.41, 5.74) is 0.798. The Bertz CT molecular complexity index is 822. The van der Waals surface area contributed by atoms with Crippen molar-refractivity contribution in [2.75, 3.05) is 14.2 Å². The van der Waals surface area contributed by atoms with Crippen LogP contribution in [0.15, 0.2) is 35.5 Å². The van der Waals surface area contributed by atoms with Gasteiger partial charge in [-0.2, -0.15) is 14.9 Å². The first-order valence-corrected chi connectivity index (χ1v) is 8.23. The minimum atomic E-state index is 0.428. The molecule has 126 valence electrons. The van der Waals surface area contributed by atoms with E-state index in [9.17, 15) is 0 Å². The number of benzene rings is 1. The normalized spacial score (nSPS) is 17.3. The fraction of sp³-hybridized carbons (Fsp3) is 0.353. The molecule has 24 heavy (non-hydrogen) atoms. The highest BCUT2D eigenvalue weighted by Crippen LogP contribution is 2.32. The average molecular weight is 344 g/mol. The van der Waals surface area contributed by atoms with Gasteiger partial charge in [0.05, 0.1) is 19.8 Å². The van der Waals surface area contributed by atoms with Crippen LogP contribution in [-0.4, -0.2) is 35.3 Å². The zero-order chi connectivity index (χ0) is 16.9. The molecule has 0 aliphatic heterocycles. The van der Waals surface area contributed by atoms with E-state index in [1.165, 1.54) is 0 Å². The smallest absolute Gasteiger partial charge is 0.216 e. The summed E-state index contributed by atoms with van der Waals surface area (Å²) in [7, 11) is 3.23. The Morgan fingerprint density at radius 1 is 1.33 bits per heavy atom. The van der Waals surface area contributed by atoms with Gasteiger partial charge in [0.15, 0.2) is 5.82 Å². The Labute approximate surface area is 145 Å². The van der Waals surface area contributed by atoms with Gasteiger partial charge < -0.3 is 9.47 Å². The number of nitrogens with one attached hydrogen (secondary N) is 1. The lowest BCUT2D eigenvalue weighted by Gasteiger charge is -2.12. The van der Waals surface area contributed by atoms with Crippen LogP contribution >= 0.6 is 12.2 Å². The minimum absolute atomic E-state index is 0.428. The number of rotatable bonds is 5. The van der Waals surface area contributed by atoms with Crippen LogP contribution in [0.5, 0.6) is 11.5 Å². The number of hydrogen-bond acceptors (Lipinski definition) is 5. The van der Waals surface area contributed by atoms with E-state index < -0.39 is 0 Å². The third-order valence-electron chi connectivity index (χ3n) is 4.00. The number of methoxy groups -OCH3 is 2. The van der Waals surface area contributed by atoms with E-state index in [0.29, 0.717) is 28.0 Å². The average Bonchev–Trinajstić information content (AvgIpc) is 3.00. The standard InChI is InChI=1S/C17H20N4O2S/c1-22-13-8-9-14(15(10-13)23-2)16-19-20-17(24)21(16)18-11-12-6-4-3-5-7-12/h3-4,8-12H,5-7H2,1-2H3,(H,20,24)/b18-11-/t12-/m0/s1. The van der Waals surface area contributed by atoms with Gasteiger partial charge in [0.1, 0.15) is 11.5 Å². The number of aromatic amines is 1. The molecule has 7 heteroatoms. The quantitative estimate of drug-likeness (QED) is 0.509. The van der Waals surface area contributed by atoms with Crippen molar-refractivity contribution >= 4 is 18.4 Å². The van der Waals surface area contributed by atoms with Crippen molar-refractivity contribution in [1.82, 2.24) is 14.9 Å². The van der Waals surface area contributed by atoms with Gasteiger partial charge in [-0.1, -0.05) is 12.2 Å². The fourth-order valence-corrected chi connectivity index (χ4v) is 2.85. The molecule has 0 unspecified atom stereocenters.